The van der Waals surface area contributed by atoms with E-state index in [1.807, 2.05) is 55.5 Å². The van der Waals surface area contributed by atoms with Crippen LogP contribution in [0.1, 0.15) is 23.1 Å². The zero-order chi connectivity index (χ0) is 16.4. The Kier molecular flexibility index (Phi) is 4.42. The number of fused-ring (bicyclic) bond motifs is 1. The smallest absolute Gasteiger partial charge is 0.257 e. The first-order valence-corrected chi connectivity index (χ1v) is 8.13. The monoisotopic (exact) mass is 329 g/mol. The summed E-state index contributed by atoms with van der Waals surface area (Å²) in [6.45, 7) is 3.24. The lowest BCUT2D eigenvalue weighted by atomic mass is 9.91. The van der Waals surface area contributed by atoms with Gasteiger partial charge in [0.2, 0.25) is 0 Å². The molecule has 1 atom stereocenters. The minimum absolute atomic E-state index is 0.0814. The molecule has 1 aliphatic heterocycles. The van der Waals surface area contributed by atoms with Crippen LogP contribution in [-0.4, -0.2) is 26.2 Å². The number of carbonyl (C=O) groups excluding carboxylic acids is 1. The van der Waals surface area contributed by atoms with E-state index in [2.05, 4.69) is 0 Å². The molecule has 0 saturated carbocycles. The highest BCUT2D eigenvalue weighted by Gasteiger charge is 2.50. The van der Waals surface area contributed by atoms with Crippen molar-refractivity contribution in [3.63, 3.8) is 0 Å². The average Bonchev–Trinajstić information content (AvgIpc) is 2.78. The second kappa shape index (κ2) is 6.34. The fraction of sp³-hybridized carbons (Fsp3) is 0.316. The highest BCUT2D eigenvalue weighted by molar-refractivity contribution is 6.41. The van der Waals surface area contributed by atoms with E-state index in [4.69, 9.17) is 16.3 Å². The first-order valence-electron chi connectivity index (χ1n) is 7.75. The number of nitrogens with zero attached hydrogens (tertiary/aromatic N) is 1. The number of alkyl halides is 1. The first-order chi connectivity index (χ1) is 11.1. The molecule has 0 bridgehead atoms. The maximum atomic E-state index is 13.1. The molecule has 3 nitrogen and oxygen atoms in total. The lowest BCUT2D eigenvalue weighted by Crippen LogP contribution is -2.38. The molecule has 1 amide bonds. The number of rotatable bonds is 5. The van der Waals surface area contributed by atoms with Gasteiger partial charge in [0, 0.05) is 31.5 Å². The number of hydrogen-bond acceptors (Lipinski definition) is 2. The van der Waals surface area contributed by atoms with Gasteiger partial charge in [-0.15, -0.1) is 0 Å². The number of aryl methyl sites for hydroxylation is 1. The molecule has 120 valence electrons. The van der Waals surface area contributed by atoms with Crippen LogP contribution in [0.2, 0.25) is 0 Å². The normalized spacial score (nSPS) is 20.0. The molecule has 0 N–H and O–H groups in total. The Bertz CT molecular complexity index is 717. The molecule has 3 rings (SSSR count). The molecule has 1 heterocycles. The summed E-state index contributed by atoms with van der Waals surface area (Å²) in [5.74, 6) is -0.0814. The van der Waals surface area contributed by atoms with Gasteiger partial charge < -0.3 is 9.64 Å². The van der Waals surface area contributed by atoms with Crippen molar-refractivity contribution in [3.05, 3.63) is 65.2 Å². The number of halogens is 1. The van der Waals surface area contributed by atoms with Gasteiger partial charge in [0.15, 0.2) is 4.87 Å². The van der Waals surface area contributed by atoms with Crippen molar-refractivity contribution in [1.82, 2.24) is 0 Å². The molecule has 0 aliphatic carbocycles. The third-order valence-corrected chi connectivity index (χ3v) is 4.84. The predicted octanol–water partition coefficient (Wildman–Crippen LogP) is 3.86. The number of hydrogen-bond donors (Lipinski definition) is 0. The number of ether oxygens (including phenoxy) is 1. The molecule has 4 heteroatoms. The van der Waals surface area contributed by atoms with E-state index in [1.54, 1.807) is 12.0 Å². The van der Waals surface area contributed by atoms with E-state index in [0.717, 1.165) is 28.8 Å². The van der Waals surface area contributed by atoms with Crippen molar-refractivity contribution >= 4 is 23.2 Å². The van der Waals surface area contributed by atoms with Gasteiger partial charge >= 0.3 is 0 Å². The Morgan fingerprint density at radius 3 is 2.61 bits per heavy atom. The number of carbonyl (C=O) groups is 1. The van der Waals surface area contributed by atoms with Gasteiger partial charge in [-0.05, 0) is 30.5 Å². The fourth-order valence-electron chi connectivity index (χ4n) is 3.10. The van der Waals surface area contributed by atoms with Gasteiger partial charge in [-0.2, -0.15) is 0 Å². The molecular formula is C19H20ClNO2. The molecular weight excluding hydrogens is 310 g/mol. The summed E-state index contributed by atoms with van der Waals surface area (Å²) >= 11 is 6.91. The fourth-order valence-corrected chi connectivity index (χ4v) is 3.49. The summed E-state index contributed by atoms with van der Waals surface area (Å²) in [6.07, 6.45) is 0.775. The van der Waals surface area contributed by atoms with E-state index < -0.39 is 4.87 Å². The van der Waals surface area contributed by atoms with Gasteiger partial charge in [0.1, 0.15) is 0 Å². The van der Waals surface area contributed by atoms with Crippen LogP contribution in [0.3, 0.4) is 0 Å². The topological polar surface area (TPSA) is 29.5 Å². The standard InChI is InChI=1S/C19H20ClNO2/c1-14-9-10-16-17(13-14)21(11-6-12-23-2)18(22)19(16,20)15-7-4-3-5-8-15/h3-5,7-10,13H,6,11-12H2,1-2H3. The second-order valence-corrected chi connectivity index (χ2v) is 6.42. The SMILES string of the molecule is COCCCN1C(=O)C(Cl)(c2ccccc2)c2ccc(C)cc21. The van der Waals surface area contributed by atoms with Gasteiger partial charge in [-0.1, -0.05) is 54.1 Å². The molecule has 0 aromatic heterocycles. The Hall–Kier alpha value is -1.84. The lowest BCUT2D eigenvalue weighted by molar-refractivity contribution is -0.119. The molecule has 0 spiro atoms. The van der Waals surface area contributed by atoms with Crippen LogP contribution in [0.25, 0.3) is 0 Å². The largest absolute Gasteiger partial charge is 0.385 e. The Balaban J connectivity index is 2.08. The van der Waals surface area contributed by atoms with Crippen LogP contribution in [0, 0.1) is 6.92 Å². The lowest BCUT2D eigenvalue weighted by Gasteiger charge is -2.22. The number of anilines is 1. The number of amides is 1. The summed E-state index contributed by atoms with van der Waals surface area (Å²) in [7, 11) is 1.67. The summed E-state index contributed by atoms with van der Waals surface area (Å²) in [4.78, 5) is 13.8. The number of benzene rings is 2. The van der Waals surface area contributed by atoms with Gasteiger partial charge in [0.05, 0.1) is 0 Å². The van der Waals surface area contributed by atoms with Gasteiger partial charge in [0.25, 0.3) is 5.91 Å². The quantitative estimate of drug-likeness (QED) is 0.616. The van der Waals surface area contributed by atoms with E-state index in [1.165, 1.54) is 0 Å². The Morgan fingerprint density at radius 1 is 1.17 bits per heavy atom. The molecule has 2 aromatic carbocycles. The van der Waals surface area contributed by atoms with Crippen LogP contribution in [0.4, 0.5) is 5.69 Å². The summed E-state index contributed by atoms with van der Waals surface area (Å²) in [5, 5.41) is 0. The molecule has 23 heavy (non-hydrogen) atoms. The van der Waals surface area contributed by atoms with Crippen molar-refractivity contribution in [2.24, 2.45) is 0 Å². The molecule has 1 aliphatic rings. The minimum atomic E-state index is -1.14. The maximum absolute atomic E-state index is 13.1. The average molecular weight is 330 g/mol. The van der Waals surface area contributed by atoms with Crippen LogP contribution in [-0.2, 0) is 14.4 Å². The van der Waals surface area contributed by atoms with Crippen LogP contribution >= 0.6 is 11.6 Å². The third-order valence-electron chi connectivity index (χ3n) is 4.26. The van der Waals surface area contributed by atoms with Crippen LogP contribution in [0.5, 0.6) is 0 Å². The molecule has 0 radical (unpaired) electrons. The van der Waals surface area contributed by atoms with E-state index >= 15 is 0 Å². The first kappa shape index (κ1) is 16.0. The summed E-state index contributed by atoms with van der Waals surface area (Å²) < 4.78 is 5.11. The summed E-state index contributed by atoms with van der Waals surface area (Å²) in [6, 6.07) is 15.6. The zero-order valence-electron chi connectivity index (χ0n) is 13.4. The van der Waals surface area contributed by atoms with E-state index in [0.29, 0.717) is 13.2 Å². The van der Waals surface area contributed by atoms with Crippen LogP contribution in [0.15, 0.2) is 48.5 Å². The van der Waals surface area contributed by atoms with E-state index in [-0.39, 0.29) is 5.91 Å². The molecule has 1 unspecified atom stereocenters. The van der Waals surface area contributed by atoms with Crippen molar-refractivity contribution in [3.8, 4) is 0 Å². The van der Waals surface area contributed by atoms with Crippen molar-refractivity contribution in [2.75, 3.05) is 25.2 Å². The van der Waals surface area contributed by atoms with Crippen molar-refractivity contribution in [2.45, 2.75) is 18.2 Å². The second-order valence-electron chi connectivity index (χ2n) is 5.85. The Labute approximate surface area is 141 Å². The van der Waals surface area contributed by atoms with Crippen molar-refractivity contribution < 1.29 is 9.53 Å². The minimum Gasteiger partial charge on any atom is -0.385 e. The Morgan fingerprint density at radius 2 is 1.91 bits per heavy atom. The van der Waals surface area contributed by atoms with Gasteiger partial charge in [-0.3, -0.25) is 4.79 Å². The maximum Gasteiger partial charge on any atom is 0.257 e. The zero-order valence-corrected chi connectivity index (χ0v) is 14.1. The third kappa shape index (κ3) is 2.64. The molecule has 0 fully saturated rings. The summed E-state index contributed by atoms with van der Waals surface area (Å²) in [5.41, 5.74) is 3.69. The highest BCUT2D eigenvalue weighted by Crippen LogP contribution is 2.49. The van der Waals surface area contributed by atoms with Gasteiger partial charge in [-0.25, -0.2) is 0 Å². The highest BCUT2D eigenvalue weighted by atomic mass is 35.5. The molecule has 2 aromatic rings. The predicted molar refractivity (Wildman–Crippen MR) is 93.1 cm³/mol. The molecule has 0 saturated heterocycles. The van der Waals surface area contributed by atoms with E-state index in [9.17, 15) is 4.79 Å². The van der Waals surface area contributed by atoms with Crippen LogP contribution < -0.4 is 4.90 Å². The van der Waals surface area contributed by atoms with Crippen molar-refractivity contribution in [1.29, 1.82) is 0 Å². The number of methoxy groups -OCH3 is 1.